The van der Waals surface area contributed by atoms with Crippen molar-refractivity contribution in [3.8, 4) is 5.75 Å². The third-order valence-electron chi connectivity index (χ3n) is 4.58. The van der Waals surface area contributed by atoms with E-state index in [1.54, 1.807) is 0 Å². The van der Waals surface area contributed by atoms with Gasteiger partial charge < -0.3 is 9.30 Å². The molecule has 1 heterocycles. The summed E-state index contributed by atoms with van der Waals surface area (Å²) in [7, 11) is 0. The van der Waals surface area contributed by atoms with Gasteiger partial charge in [-0.05, 0) is 36.2 Å². The lowest BCUT2D eigenvalue weighted by Crippen LogP contribution is -2.07. The molecular weight excluding hydrogens is 332 g/mol. The number of aromatic nitrogens is 2. The van der Waals surface area contributed by atoms with E-state index in [0.717, 1.165) is 34.7 Å². The van der Waals surface area contributed by atoms with Gasteiger partial charge in [-0.25, -0.2) is 4.98 Å². The van der Waals surface area contributed by atoms with Gasteiger partial charge >= 0.3 is 0 Å². The Morgan fingerprint density at radius 3 is 2.48 bits per heavy atom. The van der Waals surface area contributed by atoms with E-state index in [-0.39, 0.29) is 0 Å². The number of hydrogen-bond donors (Lipinski definition) is 0. The first-order valence-corrected chi connectivity index (χ1v) is 9.15. The number of allylic oxidation sites excluding steroid dienone is 1. The molecule has 0 atom stereocenters. The van der Waals surface area contributed by atoms with Crippen LogP contribution in [0.25, 0.3) is 17.1 Å². The van der Waals surface area contributed by atoms with Crippen LogP contribution in [0, 0.1) is 6.92 Å². The SMILES string of the molecule is Cc1ccccc1OCc1nc2ccccc2n1C/C=C/c1ccccc1. The lowest BCUT2D eigenvalue weighted by Gasteiger charge is -2.10. The topological polar surface area (TPSA) is 27.1 Å². The van der Waals surface area contributed by atoms with Crippen LogP contribution in [0.5, 0.6) is 5.75 Å². The molecule has 1 aromatic heterocycles. The second-order valence-corrected chi connectivity index (χ2v) is 6.49. The smallest absolute Gasteiger partial charge is 0.148 e. The average molecular weight is 354 g/mol. The average Bonchev–Trinajstić information content (AvgIpc) is 3.06. The fourth-order valence-corrected chi connectivity index (χ4v) is 3.16. The van der Waals surface area contributed by atoms with Crippen LogP contribution >= 0.6 is 0 Å². The number of imidazole rings is 1. The van der Waals surface area contributed by atoms with E-state index in [4.69, 9.17) is 9.72 Å². The minimum Gasteiger partial charge on any atom is -0.485 e. The molecule has 3 heteroatoms. The minimum absolute atomic E-state index is 0.443. The van der Waals surface area contributed by atoms with Crippen molar-refractivity contribution < 1.29 is 4.74 Å². The summed E-state index contributed by atoms with van der Waals surface area (Å²) in [6.45, 7) is 3.25. The third-order valence-corrected chi connectivity index (χ3v) is 4.58. The predicted molar refractivity (Wildman–Crippen MR) is 111 cm³/mol. The number of rotatable bonds is 6. The molecule has 0 aliphatic rings. The first-order chi connectivity index (χ1) is 13.3. The highest BCUT2D eigenvalue weighted by atomic mass is 16.5. The molecule has 0 saturated carbocycles. The fraction of sp³-hybridized carbons (Fsp3) is 0.125. The van der Waals surface area contributed by atoms with Crippen LogP contribution in [0.3, 0.4) is 0 Å². The second kappa shape index (κ2) is 7.92. The Bertz CT molecular complexity index is 1060. The maximum Gasteiger partial charge on any atom is 0.148 e. The van der Waals surface area contributed by atoms with Crippen LogP contribution in [-0.4, -0.2) is 9.55 Å². The van der Waals surface area contributed by atoms with E-state index < -0.39 is 0 Å². The number of nitrogens with zero attached hydrogens (tertiary/aromatic N) is 2. The van der Waals surface area contributed by atoms with Crippen LogP contribution in [-0.2, 0) is 13.2 Å². The van der Waals surface area contributed by atoms with E-state index in [1.165, 1.54) is 5.56 Å². The highest BCUT2D eigenvalue weighted by Gasteiger charge is 2.10. The van der Waals surface area contributed by atoms with Gasteiger partial charge in [-0.1, -0.05) is 72.8 Å². The van der Waals surface area contributed by atoms with Gasteiger partial charge in [-0.3, -0.25) is 0 Å². The molecule has 3 aromatic carbocycles. The van der Waals surface area contributed by atoms with E-state index in [0.29, 0.717) is 6.61 Å². The van der Waals surface area contributed by atoms with Crippen LogP contribution in [0.4, 0.5) is 0 Å². The lowest BCUT2D eigenvalue weighted by molar-refractivity contribution is 0.289. The van der Waals surface area contributed by atoms with Crippen molar-refractivity contribution in [3.63, 3.8) is 0 Å². The highest BCUT2D eigenvalue weighted by molar-refractivity contribution is 5.76. The van der Waals surface area contributed by atoms with Crippen molar-refractivity contribution in [1.29, 1.82) is 0 Å². The quantitative estimate of drug-likeness (QED) is 0.448. The number of hydrogen-bond acceptors (Lipinski definition) is 2. The van der Waals surface area contributed by atoms with Crippen LogP contribution in [0.1, 0.15) is 17.0 Å². The zero-order chi connectivity index (χ0) is 18.5. The number of ether oxygens (including phenoxy) is 1. The van der Waals surface area contributed by atoms with Crippen LogP contribution in [0.15, 0.2) is 84.9 Å². The molecule has 27 heavy (non-hydrogen) atoms. The predicted octanol–water partition coefficient (Wildman–Crippen LogP) is 5.64. The summed E-state index contributed by atoms with van der Waals surface area (Å²) in [6, 6.07) is 26.6. The normalized spacial score (nSPS) is 11.3. The molecule has 4 aromatic rings. The maximum absolute atomic E-state index is 6.05. The number of para-hydroxylation sites is 3. The first-order valence-electron chi connectivity index (χ1n) is 9.15. The molecule has 0 spiro atoms. The van der Waals surface area contributed by atoms with Gasteiger partial charge in [0.05, 0.1) is 11.0 Å². The highest BCUT2D eigenvalue weighted by Crippen LogP contribution is 2.21. The number of aryl methyl sites for hydroxylation is 1. The minimum atomic E-state index is 0.443. The standard InChI is InChI=1S/C24H22N2O/c1-19-10-5-8-16-23(19)27-18-24-25-21-14-6-7-15-22(21)26(24)17-9-13-20-11-3-2-4-12-20/h2-16H,17-18H2,1H3/b13-9+. The van der Waals surface area contributed by atoms with Gasteiger partial charge in [0.15, 0.2) is 0 Å². The zero-order valence-electron chi connectivity index (χ0n) is 15.4. The molecular formula is C24H22N2O. The molecule has 0 fully saturated rings. The van der Waals surface area contributed by atoms with Crippen LogP contribution < -0.4 is 4.74 Å². The summed E-state index contributed by atoms with van der Waals surface area (Å²) in [4.78, 5) is 4.79. The van der Waals surface area contributed by atoms with Gasteiger partial charge in [-0.15, -0.1) is 0 Å². The van der Waals surface area contributed by atoms with E-state index >= 15 is 0 Å². The molecule has 0 amide bonds. The van der Waals surface area contributed by atoms with Gasteiger partial charge in [0, 0.05) is 6.54 Å². The largest absolute Gasteiger partial charge is 0.485 e. The van der Waals surface area contributed by atoms with Gasteiger partial charge in [0.2, 0.25) is 0 Å². The van der Waals surface area contributed by atoms with Crippen molar-refractivity contribution in [2.24, 2.45) is 0 Å². The molecule has 0 bridgehead atoms. The van der Waals surface area contributed by atoms with Crippen molar-refractivity contribution in [1.82, 2.24) is 9.55 Å². The summed E-state index contributed by atoms with van der Waals surface area (Å²) in [5, 5.41) is 0. The second-order valence-electron chi connectivity index (χ2n) is 6.49. The molecule has 134 valence electrons. The van der Waals surface area contributed by atoms with Crippen molar-refractivity contribution in [2.45, 2.75) is 20.1 Å². The van der Waals surface area contributed by atoms with E-state index in [9.17, 15) is 0 Å². The molecule has 0 aliphatic carbocycles. The molecule has 0 radical (unpaired) electrons. The molecule has 0 aliphatic heterocycles. The number of fused-ring (bicyclic) bond motifs is 1. The molecule has 0 saturated heterocycles. The zero-order valence-corrected chi connectivity index (χ0v) is 15.4. The summed E-state index contributed by atoms with van der Waals surface area (Å²) in [5.74, 6) is 1.83. The molecule has 0 unspecified atom stereocenters. The Balaban J connectivity index is 1.59. The van der Waals surface area contributed by atoms with Crippen molar-refractivity contribution >= 4 is 17.1 Å². The Labute approximate surface area is 159 Å². The molecule has 4 rings (SSSR count). The monoisotopic (exact) mass is 354 g/mol. The van der Waals surface area contributed by atoms with Gasteiger partial charge in [-0.2, -0.15) is 0 Å². The lowest BCUT2D eigenvalue weighted by atomic mass is 10.2. The fourth-order valence-electron chi connectivity index (χ4n) is 3.16. The van der Waals surface area contributed by atoms with E-state index in [1.807, 2.05) is 54.6 Å². The Kier molecular flexibility index (Phi) is 5.01. The Hall–Kier alpha value is -3.33. The summed E-state index contributed by atoms with van der Waals surface area (Å²) >= 11 is 0. The molecule has 3 nitrogen and oxygen atoms in total. The van der Waals surface area contributed by atoms with Crippen molar-refractivity contribution in [2.75, 3.05) is 0 Å². The first kappa shape index (κ1) is 17.1. The Morgan fingerprint density at radius 2 is 1.63 bits per heavy atom. The number of benzene rings is 3. The summed E-state index contributed by atoms with van der Waals surface area (Å²) < 4.78 is 8.27. The van der Waals surface area contributed by atoms with E-state index in [2.05, 4.69) is 47.9 Å². The molecule has 0 N–H and O–H groups in total. The van der Waals surface area contributed by atoms with Crippen molar-refractivity contribution in [3.05, 3.63) is 102 Å². The summed E-state index contributed by atoms with van der Waals surface area (Å²) in [6.07, 6.45) is 4.31. The van der Waals surface area contributed by atoms with Gasteiger partial charge in [0.25, 0.3) is 0 Å². The summed E-state index contributed by atoms with van der Waals surface area (Å²) in [5.41, 5.74) is 4.44. The third kappa shape index (κ3) is 3.93. The maximum atomic E-state index is 6.05. The van der Waals surface area contributed by atoms with Crippen LogP contribution in [0.2, 0.25) is 0 Å². The van der Waals surface area contributed by atoms with Gasteiger partial charge in [0.1, 0.15) is 18.2 Å². The Morgan fingerprint density at radius 1 is 0.889 bits per heavy atom.